The molecule has 0 saturated carbocycles. The first-order valence-corrected chi connectivity index (χ1v) is 9.17. The average molecular weight is 358 g/mol. The second-order valence-corrected chi connectivity index (χ2v) is 6.53. The van der Waals surface area contributed by atoms with E-state index in [9.17, 15) is 4.79 Å². The smallest absolute Gasteiger partial charge is 0.255 e. The molecule has 5 heteroatoms. The lowest BCUT2D eigenvalue weighted by Crippen LogP contribution is -2.46. The minimum absolute atomic E-state index is 0.123. The quantitative estimate of drug-likeness (QED) is 0.773. The molecule has 3 aromatic rings. The molecule has 5 nitrogen and oxygen atoms in total. The number of carbonyl (C=O) groups is 1. The van der Waals surface area contributed by atoms with Gasteiger partial charge in [-0.15, -0.1) is 0 Å². The van der Waals surface area contributed by atoms with E-state index in [1.807, 2.05) is 36.4 Å². The first-order valence-electron chi connectivity index (χ1n) is 9.17. The molecule has 2 aromatic carbocycles. The molecule has 1 aliphatic rings. The van der Waals surface area contributed by atoms with Gasteiger partial charge in [-0.3, -0.25) is 4.79 Å². The van der Waals surface area contributed by atoms with Crippen molar-refractivity contribution < 1.29 is 4.79 Å². The van der Waals surface area contributed by atoms with Crippen LogP contribution in [0.25, 0.3) is 0 Å². The highest BCUT2D eigenvalue weighted by atomic mass is 16.1. The maximum atomic E-state index is 12.2. The van der Waals surface area contributed by atoms with Gasteiger partial charge in [-0.25, -0.2) is 4.98 Å². The van der Waals surface area contributed by atoms with Crippen molar-refractivity contribution in [1.82, 2.24) is 4.98 Å². The van der Waals surface area contributed by atoms with Gasteiger partial charge in [0.15, 0.2) is 0 Å². The lowest BCUT2D eigenvalue weighted by atomic mass is 10.2. The molecule has 0 bridgehead atoms. The lowest BCUT2D eigenvalue weighted by Gasteiger charge is -2.36. The van der Waals surface area contributed by atoms with E-state index in [2.05, 4.69) is 44.4 Å². The largest absolute Gasteiger partial charge is 0.368 e. The number of amides is 1. The van der Waals surface area contributed by atoms with E-state index in [0.29, 0.717) is 11.3 Å². The van der Waals surface area contributed by atoms with Crippen molar-refractivity contribution in [3.8, 4) is 0 Å². The maximum Gasteiger partial charge on any atom is 0.255 e. The summed E-state index contributed by atoms with van der Waals surface area (Å²) in [5.41, 5.74) is 2.61. The van der Waals surface area contributed by atoms with Crippen LogP contribution in [0.5, 0.6) is 0 Å². The van der Waals surface area contributed by atoms with E-state index in [-0.39, 0.29) is 5.91 Å². The Morgan fingerprint density at radius 2 is 1.41 bits per heavy atom. The summed E-state index contributed by atoms with van der Waals surface area (Å²) in [7, 11) is 0. The van der Waals surface area contributed by atoms with E-state index in [1.165, 1.54) is 5.69 Å². The molecule has 0 spiro atoms. The van der Waals surface area contributed by atoms with Gasteiger partial charge >= 0.3 is 0 Å². The zero-order valence-electron chi connectivity index (χ0n) is 15.1. The molecule has 136 valence electrons. The molecule has 0 aliphatic carbocycles. The Bertz CT molecular complexity index is 873. The Morgan fingerprint density at radius 3 is 2.04 bits per heavy atom. The number of rotatable bonds is 4. The molecule has 27 heavy (non-hydrogen) atoms. The van der Waals surface area contributed by atoms with Gasteiger partial charge in [-0.05, 0) is 36.4 Å². The van der Waals surface area contributed by atoms with Crippen molar-refractivity contribution in [1.29, 1.82) is 0 Å². The highest BCUT2D eigenvalue weighted by Crippen LogP contribution is 2.20. The summed E-state index contributed by atoms with van der Waals surface area (Å²) in [5, 5.41) is 2.89. The number of aromatic nitrogens is 1. The van der Waals surface area contributed by atoms with Gasteiger partial charge < -0.3 is 15.1 Å². The summed E-state index contributed by atoms with van der Waals surface area (Å²) in [5.74, 6) is 0.821. The number of pyridine rings is 1. The Balaban J connectivity index is 1.35. The van der Waals surface area contributed by atoms with Crippen molar-refractivity contribution in [3.05, 3.63) is 84.6 Å². The topological polar surface area (TPSA) is 48.5 Å². The highest BCUT2D eigenvalue weighted by molar-refractivity contribution is 6.04. The number of carbonyl (C=O) groups excluding carboxylic acids is 1. The van der Waals surface area contributed by atoms with Crippen LogP contribution >= 0.6 is 0 Å². The Hall–Kier alpha value is -3.34. The lowest BCUT2D eigenvalue weighted by molar-refractivity contribution is 0.102. The second-order valence-electron chi connectivity index (χ2n) is 6.53. The second kappa shape index (κ2) is 7.91. The number of anilines is 3. The van der Waals surface area contributed by atoms with Crippen LogP contribution in [-0.4, -0.2) is 37.1 Å². The van der Waals surface area contributed by atoms with Crippen LogP contribution < -0.4 is 15.1 Å². The molecular weight excluding hydrogens is 336 g/mol. The molecule has 4 rings (SSSR count). The highest BCUT2D eigenvalue weighted by Gasteiger charge is 2.18. The van der Waals surface area contributed by atoms with E-state index in [4.69, 9.17) is 0 Å². The van der Waals surface area contributed by atoms with Gasteiger partial charge in [0.25, 0.3) is 5.91 Å². The van der Waals surface area contributed by atoms with Crippen molar-refractivity contribution >= 4 is 23.1 Å². The third kappa shape index (κ3) is 4.08. The summed E-state index contributed by atoms with van der Waals surface area (Å²) in [6.07, 6.45) is 1.72. The van der Waals surface area contributed by atoms with Crippen molar-refractivity contribution in [2.75, 3.05) is 41.3 Å². The van der Waals surface area contributed by atoms with Crippen LogP contribution in [0.15, 0.2) is 79.0 Å². The number of hydrogen-bond donors (Lipinski definition) is 1. The summed E-state index contributed by atoms with van der Waals surface area (Å²) < 4.78 is 0. The summed E-state index contributed by atoms with van der Waals surface area (Å²) >= 11 is 0. The molecule has 1 aliphatic heterocycles. The zero-order valence-corrected chi connectivity index (χ0v) is 15.1. The van der Waals surface area contributed by atoms with E-state index in [0.717, 1.165) is 32.0 Å². The number of nitrogens with zero attached hydrogens (tertiary/aromatic N) is 3. The first-order chi connectivity index (χ1) is 13.3. The fourth-order valence-electron chi connectivity index (χ4n) is 3.27. The molecule has 0 radical (unpaired) electrons. The molecule has 0 unspecified atom stereocenters. The molecular formula is C22H22N4O. The van der Waals surface area contributed by atoms with Gasteiger partial charge in [0.1, 0.15) is 5.82 Å². The number of nitrogens with one attached hydrogen (secondary N) is 1. The predicted octanol–water partition coefficient (Wildman–Crippen LogP) is 3.66. The molecule has 1 aromatic heterocycles. The van der Waals surface area contributed by atoms with Crippen molar-refractivity contribution in [3.63, 3.8) is 0 Å². The molecule has 1 N–H and O–H groups in total. The summed E-state index contributed by atoms with van der Waals surface area (Å²) in [6, 6.07) is 23.6. The number of para-hydroxylation sites is 1. The number of piperazine rings is 1. The Labute approximate surface area is 159 Å². The minimum atomic E-state index is -0.123. The third-order valence-corrected chi connectivity index (χ3v) is 4.77. The van der Waals surface area contributed by atoms with Crippen LogP contribution in [0.4, 0.5) is 17.2 Å². The van der Waals surface area contributed by atoms with Gasteiger partial charge in [-0.1, -0.05) is 36.4 Å². The van der Waals surface area contributed by atoms with Crippen LogP contribution in [0.1, 0.15) is 10.4 Å². The Morgan fingerprint density at radius 1 is 0.778 bits per heavy atom. The minimum Gasteiger partial charge on any atom is -0.368 e. The van der Waals surface area contributed by atoms with E-state index in [1.54, 1.807) is 18.3 Å². The van der Waals surface area contributed by atoms with Gasteiger partial charge in [0.2, 0.25) is 0 Å². The first kappa shape index (κ1) is 17.1. The number of benzene rings is 2. The van der Waals surface area contributed by atoms with E-state index < -0.39 is 0 Å². The zero-order chi connectivity index (χ0) is 18.5. The van der Waals surface area contributed by atoms with Gasteiger partial charge in [0.05, 0.1) is 11.9 Å². The SMILES string of the molecule is O=C(Nc1ccc(N2CCN(c3ccccc3)CC2)nc1)c1ccccc1. The Kier molecular flexibility index (Phi) is 5.01. The monoisotopic (exact) mass is 358 g/mol. The van der Waals surface area contributed by atoms with Crippen LogP contribution in [0, 0.1) is 0 Å². The van der Waals surface area contributed by atoms with Crippen LogP contribution in [-0.2, 0) is 0 Å². The summed E-state index contributed by atoms with van der Waals surface area (Å²) in [6.45, 7) is 3.80. The van der Waals surface area contributed by atoms with E-state index >= 15 is 0 Å². The van der Waals surface area contributed by atoms with Gasteiger partial charge in [-0.2, -0.15) is 0 Å². The maximum absolute atomic E-state index is 12.2. The van der Waals surface area contributed by atoms with Crippen LogP contribution in [0.3, 0.4) is 0 Å². The molecule has 2 heterocycles. The fraction of sp³-hybridized carbons (Fsp3) is 0.182. The van der Waals surface area contributed by atoms with Gasteiger partial charge in [0, 0.05) is 37.4 Å². The standard InChI is InChI=1S/C22H22N4O/c27-22(18-7-3-1-4-8-18)24-19-11-12-21(23-17-19)26-15-13-25(14-16-26)20-9-5-2-6-10-20/h1-12,17H,13-16H2,(H,24,27). The third-order valence-electron chi connectivity index (χ3n) is 4.77. The van der Waals surface area contributed by atoms with Crippen LogP contribution in [0.2, 0.25) is 0 Å². The average Bonchev–Trinajstić information content (AvgIpc) is 2.76. The predicted molar refractivity (Wildman–Crippen MR) is 110 cm³/mol. The van der Waals surface area contributed by atoms with Crippen molar-refractivity contribution in [2.24, 2.45) is 0 Å². The van der Waals surface area contributed by atoms with Crippen molar-refractivity contribution in [2.45, 2.75) is 0 Å². The molecule has 1 fully saturated rings. The number of hydrogen-bond acceptors (Lipinski definition) is 4. The fourth-order valence-corrected chi connectivity index (χ4v) is 3.27. The molecule has 0 atom stereocenters. The molecule has 1 amide bonds. The normalized spacial score (nSPS) is 14.1. The summed E-state index contributed by atoms with van der Waals surface area (Å²) in [4.78, 5) is 21.4. The molecule has 1 saturated heterocycles.